The largest absolute Gasteiger partial charge is 0.398 e. The Morgan fingerprint density at radius 3 is 2.71 bits per heavy atom. The third-order valence-electron chi connectivity index (χ3n) is 2.70. The Kier molecular flexibility index (Phi) is 4.45. The van der Waals surface area contributed by atoms with Crippen molar-refractivity contribution in [1.82, 2.24) is 10.2 Å². The molecule has 0 aliphatic rings. The van der Waals surface area contributed by atoms with Gasteiger partial charge in [-0.1, -0.05) is 0 Å². The number of likely N-dealkylation sites (N-methyl/N-ethyl adjacent to an activating group) is 1. The standard InChI is InChI=1S/C12H18FN3O/c1-8(16(2)3)7-15-12(17)10-5-4-9(13)6-11(10)14/h4-6,8H,7,14H2,1-3H3,(H,15,17). The first-order valence-electron chi connectivity index (χ1n) is 5.41. The molecule has 1 aromatic rings. The second-order valence-electron chi connectivity index (χ2n) is 4.25. The van der Waals surface area contributed by atoms with Gasteiger partial charge in [-0.25, -0.2) is 4.39 Å². The summed E-state index contributed by atoms with van der Waals surface area (Å²) in [5.74, 6) is -0.725. The maximum atomic E-state index is 12.8. The summed E-state index contributed by atoms with van der Waals surface area (Å²) in [5, 5.41) is 2.76. The molecule has 1 amide bonds. The van der Waals surface area contributed by atoms with Gasteiger partial charge in [0.2, 0.25) is 0 Å². The number of amides is 1. The van der Waals surface area contributed by atoms with Crippen LogP contribution in [0.3, 0.4) is 0 Å². The maximum absolute atomic E-state index is 12.8. The lowest BCUT2D eigenvalue weighted by Gasteiger charge is -2.20. The highest BCUT2D eigenvalue weighted by Gasteiger charge is 2.12. The van der Waals surface area contributed by atoms with E-state index < -0.39 is 5.82 Å². The second kappa shape index (κ2) is 5.63. The van der Waals surface area contributed by atoms with Crippen molar-refractivity contribution in [1.29, 1.82) is 0 Å². The highest BCUT2D eigenvalue weighted by molar-refractivity contribution is 5.99. The number of nitrogens with zero attached hydrogens (tertiary/aromatic N) is 1. The number of anilines is 1. The molecule has 0 aromatic heterocycles. The van der Waals surface area contributed by atoms with Gasteiger partial charge in [0.25, 0.3) is 5.91 Å². The van der Waals surface area contributed by atoms with Crippen LogP contribution < -0.4 is 11.1 Å². The van der Waals surface area contributed by atoms with Crippen LogP contribution in [0.2, 0.25) is 0 Å². The van der Waals surface area contributed by atoms with Gasteiger partial charge in [0.1, 0.15) is 5.82 Å². The van der Waals surface area contributed by atoms with Crippen LogP contribution in [0.15, 0.2) is 18.2 Å². The predicted molar refractivity (Wildman–Crippen MR) is 66.3 cm³/mol. The molecular formula is C12H18FN3O. The SMILES string of the molecule is CC(CNC(=O)c1ccc(F)cc1N)N(C)C. The van der Waals surface area contributed by atoms with E-state index in [0.717, 1.165) is 6.07 Å². The van der Waals surface area contributed by atoms with Crippen LogP contribution in [-0.4, -0.2) is 37.5 Å². The van der Waals surface area contributed by atoms with Crippen molar-refractivity contribution >= 4 is 11.6 Å². The molecule has 1 rings (SSSR count). The second-order valence-corrected chi connectivity index (χ2v) is 4.25. The summed E-state index contributed by atoms with van der Waals surface area (Å²) in [6.45, 7) is 2.51. The van der Waals surface area contributed by atoms with Crippen molar-refractivity contribution in [3.8, 4) is 0 Å². The van der Waals surface area contributed by atoms with Crippen LogP contribution >= 0.6 is 0 Å². The number of hydrogen-bond donors (Lipinski definition) is 2. The molecule has 0 bridgehead atoms. The van der Waals surface area contributed by atoms with Crippen molar-refractivity contribution in [2.24, 2.45) is 0 Å². The first-order chi connectivity index (χ1) is 7.91. The molecule has 0 radical (unpaired) electrons. The summed E-state index contributed by atoms with van der Waals surface area (Å²) in [6, 6.07) is 3.98. The fourth-order valence-corrected chi connectivity index (χ4v) is 1.26. The van der Waals surface area contributed by atoms with Crippen molar-refractivity contribution < 1.29 is 9.18 Å². The number of hydrogen-bond acceptors (Lipinski definition) is 3. The minimum absolute atomic E-state index is 0.153. The fourth-order valence-electron chi connectivity index (χ4n) is 1.26. The van der Waals surface area contributed by atoms with Crippen LogP contribution in [0, 0.1) is 5.82 Å². The Morgan fingerprint density at radius 2 is 2.18 bits per heavy atom. The van der Waals surface area contributed by atoms with Gasteiger partial charge in [-0.2, -0.15) is 0 Å². The van der Waals surface area contributed by atoms with Crippen LogP contribution in [0.1, 0.15) is 17.3 Å². The monoisotopic (exact) mass is 239 g/mol. The van der Waals surface area contributed by atoms with Gasteiger partial charge in [-0.3, -0.25) is 4.79 Å². The molecule has 0 spiro atoms. The van der Waals surface area contributed by atoms with E-state index >= 15 is 0 Å². The van der Waals surface area contributed by atoms with Crippen LogP contribution in [-0.2, 0) is 0 Å². The number of rotatable bonds is 4. The van der Waals surface area contributed by atoms with Crippen molar-refractivity contribution in [3.05, 3.63) is 29.6 Å². The molecule has 1 aromatic carbocycles. The normalized spacial score (nSPS) is 12.5. The number of halogens is 1. The number of carbonyl (C=O) groups excluding carboxylic acids is 1. The number of nitrogens with two attached hydrogens (primary N) is 1. The molecular weight excluding hydrogens is 221 g/mol. The Hall–Kier alpha value is -1.62. The first-order valence-corrected chi connectivity index (χ1v) is 5.41. The summed E-state index contributed by atoms with van der Waals surface area (Å²) < 4.78 is 12.8. The summed E-state index contributed by atoms with van der Waals surface area (Å²) in [4.78, 5) is 13.8. The van der Waals surface area contributed by atoms with Gasteiger partial charge in [0.15, 0.2) is 0 Å². The van der Waals surface area contributed by atoms with Gasteiger partial charge in [0.05, 0.1) is 5.56 Å². The van der Waals surface area contributed by atoms with Crippen molar-refractivity contribution in [2.75, 3.05) is 26.4 Å². The van der Waals surface area contributed by atoms with Crippen LogP contribution in [0.25, 0.3) is 0 Å². The zero-order chi connectivity index (χ0) is 13.0. The molecule has 1 unspecified atom stereocenters. The molecule has 5 heteroatoms. The minimum atomic E-state index is -0.444. The lowest BCUT2D eigenvalue weighted by atomic mass is 10.1. The Bertz CT molecular complexity index is 407. The highest BCUT2D eigenvalue weighted by atomic mass is 19.1. The van der Waals surface area contributed by atoms with E-state index in [4.69, 9.17) is 5.73 Å². The predicted octanol–water partition coefficient (Wildman–Crippen LogP) is 1.09. The number of nitrogen functional groups attached to an aromatic ring is 1. The Morgan fingerprint density at radius 1 is 1.53 bits per heavy atom. The summed E-state index contributed by atoms with van der Waals surface area (Å²) in [5.41, 5.74) is 6.03. The third kappa shape index (κ3) is 3.71. The lowest BCUT2D eigenvalue weighted by molar-refractivity contribution is 0.0944. The smallest absolute Gasteiger partial charge is 0.253 e. The van der Waals surface area contributed by atoms with E-state index in [1.807, 2.05) is 25.9 Å². The average molecular weight is 239 g/mol. The van der Waals surface area contributed by atoms with Crippen LogP contribution in [0.4, 0.5) is 10.1 Å². The minimum Gasteiger partial charge on any atom is -0.398 e. The molecule has 94 valence electrons. The van der Waals surface area contributed by atoms with Gasteiger partial charge in [0, 0.05) is 18.3 Å². The Balaban J connectivity index is 2.64. The molecule has 0 aliphatic heterocycles. The van der Waals surface area contributed by atoms with E-state index in [0.29, 0.717) is 12.1 Å². The zero-order valence-corrected chi connectivity index (χ0v) is 10.3. The quantitative estimate of drug-likeness (QED) is 0.773. The zero-order valence-electron chi connectivity index (χ0n) is 10.3. The van der Waals surface area contributed by atoms with E-state index in [1.165, 1.54) is 12.1 Å². The first kappa shape index (κ1) is 13.4. The molecule has 0 fully saturated rings. The summed E-state index contributed by atoms with van der Waals surface area (Å²) in [7, 11) is 3.87. The number of nitrogens with one attached hydrogen (secondary N) is 1. The molecule has 17 heavy (non-hydrogen) atoms. The lowest BCUT2D eigenvalue weighted by Crippen LogP contribution is -2.38. The van der Waals surface area contributed by atoms with Crippen molar-refractivity contribution in [2.45, 2.75) is 13.0 Å². The molecule has 3 N–H and O–H groups in total. The van der Waals surface area contributed by atoms with Gasteiger partial charge in [-0.05, 0) is 39.2 Å². The topological polar surface area (TPSA) is 58.4 Å². The summed E-state index contributed by atoms with van der Waals surface area (Å²) >= 11 is 0. The van der Waals surface area contributed by atoms with E-state index in [9.17, 15) is 9.18 Å². The molecule has 0 saturated heterocycles. The average Bonchev–Trinajstić information content (AvgIpc) is 2.25. The van der Waals surface area contributed by atoms with E-state index in [-0.39, 0.29) is 17.6 Å². The van der Waals surface area contributed by atoms with E-state index in [1.54, 1.807) is 0 Å². The molecule has 0 saturated carbocycles. The number of carbonyl (C=O) groups is 1. The number of benzene rings is 1. The molecule has 0 aliphatic carbocycles. The molecule has 1 atom stereocenters. The van der Waals surface area contributed by atoms with Gasteiger partial charge >= 0.3 is 0 Å². The van der Waals surface area contributed by atoms with Crippen molar-refractivity contribution in [3.63, 3.8) is 0 Å². The Labute approximate surface area is 101 Å². The van der Waals surface area contributed by atoms with Gasteiger partial charge in [-0.15, -0.1) is 0 Å². The maximum Gasteiger partial charge on any atom is 0.253 e. The van der Waals surface area contributed by atoms with Gasteiger partial charge < -0.3 is 16.0 Å². The van der Waals surface area contributed by atoms with E-state index in [2.05, 4.69) is 5.32 Å². The third-order valence-corrected chi connectivity index (χ3v) is 2.70. The van der Waals surface area contributed by atoms with Crippen LogP contribution in [0.5, 0.6) is 0 Å². The molecule has 0 heterocycles. The summed E-state index contributed by atoms with van der Waals surface area (Å²) in [6.07, 6.45) is 0. The fraction of sp³-hybridized carbons (Fsp3) is 0.417. The molecule has 4 nitrogen and oxygen atoms in total. The highest BCUT2D eigenvalue weighted by Crippen LogP contribution is 2.13.